The minimum atomic E-state index is 0.424. The Morgan fingerprint density at radius 2 is 1.85 bits per heavy atom. The van der Waals surface area contributed by atoms with Crippen LogP contribution in [0.5, 0.6) is 5.06 Å². The average Bonchev–Trinajstić information content (AvgIpc) is 2.94. The number of pyridine rings is 1. The zero-order valence-electron chi connectivity index (χ0n) is 10.4. The van der Waals surface area contributed by atoms with Gasteiger partial charge in [-0.3, -0.25) is 9.78 Å². The van der Waals surface area contributed by atoms with Gasteiger partial charge in [0.25, 0.3) is 6.47 Å². The van der Waals surface area contributed by atoms with E-state index in [1.54, 1.807) is 12.4 Å². The third-order valence-electron chi connectivity index (χ3n) is 2.71. The van der Waals surface area contributed by atoms with Gasteiger partial charge < -0.3 is 4.74 Å². The summed E-state index contributed by atoms with van der Waals surface area (Å²) in [5, 5.41) is 1.26. The van der Waals surface area contributed by atoms with Crippen LogP contribution in [0, 0.1) is 0 Å². The molecule has 3 rings (SSSR count). The van der Waals surface area contributed by atoms with Gasteiger partial charge in [-0.2, -0.15) is 0 Å². The lowest BCUT2D eigenvalue weighted by Crippen LogP contribution is -1.88. The van der Waals surface area contributed by atoms with Crippen LogP contribution in [0.4, 0.5) is 0 Å². The zero-order valence-corrected chi connectivity index (χ0v) is 11.2. The maximum atomic E-state index is 10.6. The number of hydrogen-bond donors (Lipinski definition) is 0. The molecule has 0 saturated carbocycles. The normalized spacial score (nSPS) is 10.2. The highest BCUT2D eigenvalue weighted by molar-refractivity contribution is 7.17. The van der Waals surface area contributed by atoms with Crippen LogP contribution in [0.1, 0.15) is 0 Å². The van der Waals surface area contributed by atoms with Crippen LogP contribution in [0.15, 0.2) is 54.9 Å². The molecule has 0 fully saturated rings. The van der Waals surface area contributed by atoms with Crippen LogP contribution in [0.2, 0.25) is 0 Å². The molecule has 0 N–H and O–H groups in total. The number of hydrogen-bond acceptors (Lipinski definition) is 5. The molecule has 0 aliphatic heterocycles. The molecule has 0 atom stereocenters. The molecule has 1 aromatic carbocycles. The highest BCUT2D eigenvalue weighted by Gasteiger charge is 2.15. The summed E-state index contributed by atoms with van der Waals surface area (Å²) in [6.45, 7) is 0.424. The summed E-state index contributed by atoms with van der Waals surface area (Å²) < 4.78 is 5.05. The lowest BCUT2D eigenvalue weighted by atomic mass is 10.2. The van der Waals surface area contributed by atoms with Crippen molar-refractivity contribution in [1.82, 2.24) is 9.97 Å². The molecule has 0 amide bonds. The molecular weight excluding hydrogens is 272 g/mol. The Hall–Kier alpha value is -2.53. The van der Waals surface area contributed by atoms with Crippen LogP contribution in [0.25, 0.3) is 21.8 Å². The largest absolute Gasteiger partial charge is 0.415 e. The summed E-state index contributed by atoms with van der Waals surface area (Å²) >= 11 is 1.33. The number of ether oxygens (including phenoxy) is 1. The third-order valence-corrected chi connectivity index (χ3v) is 3.70. The van der Waals surface area contributed by atoms with Crippen LogP contribution in [-0.4, -0.2) is 16.4 Å². The maximum absolute atomic E-state index is 10.6. The van der Waals surface area contributed by atoms with E-state index < -0.39 is 0 Å². The average molecular weight is 282 g/mol. The molecule has 2 heterocycles. The van der Waals surface area contributed by atoms with Crippen molar-refractivity contribution in [3.63, 3.8) is 0 Å². The fraction of sp³-hybridized carbons (Fsp3) is 0. The summed E-state index contributed by atoms with van der Waals surface area (Å²) in [4.78, 5) is 19.3. The predicted molar refractivity (Wildman–Crippen MR) is 77.5 cm³/mol. The summed E-state index contributed by atoms with van der Waals surface area (Å²) in [6, 6.07) is 13.4. The SMILES string of the molecule is O=COc1sc(-c2cccnc2)nc1-c1ccccc1. The van der Waals surface area contributed by atoms with Crippen molar-refractivity contribution in [2.75, 3.05) is 0 Å². The molecule has 5 heteroatoms. The Bertz CT molecular complexity index is 711. The molecule has 0 spiro atoms. The second-order valence-corrected chi connectivity index (χ2v) is 4.94. The van der Waals surface area contributed by atoms with Crippen molar-refractivity contribution in [1.29, 1.82) is 0 Å². The van der Waals surface area contributed by atoms with Gasteiger partial charge in [-0.25, -0.2) is 4.98 Å². The van der Waals surface area contributed by atoms with Crippen molar-refractivity contribution in [2.45, 2.75) is 0 Å². The molecule has 4 nitrogen and oxygen atoms in total. The van der Waals surface area contributed by atoms with E-state index in [1.165, 1.54) is 11.3 Å². The fourth-order valence-electron chi connectivity index (χ4n) is 1.82. The minimum absolute atomic E-state index is 0.424. The first-order chi connectivity index (χ1) is 9.88. The monoisotopic (exact) mass is 282 g/mol. The molecule has 3 aromatic rings. The zero-order chi connectivity index (χ0) is 13.8. The van der Waals surface area contributed by atoms with E-state index >= 15 is 0 Å². The van der Waals surface area contributed by atoms with E-state index in [1.807, 2.05) is 42.5 Å². The third kappa shape index (κ3) is 2.44. The fourth-order valence-corrected chi connectivity index (χ4v) is 2.72. The van der Waals surface area contributed by atoms with Gasteiger partial charge in [0.15, 0.2) is 0 Å². The Morgan fingerprint density at radius 3 is 2.55 bits per heavy atom. The first-order valence-corrected chi connectivity index (χ1v) is 6.77. The number of carbonyl (C=O) groups is 1. The van der Waals surface area contributed by atoms with Gasteiger partial charge in [-0.05, 0) is 12.1 Å². The van der Waals surface area contributed by atoms with Crippen molar-refractivity contribution in [3.05, 3.63) is 54.9 Å². The quantitative estimate of drug-likeness (QED) is 0.688. The summed E-state index contributed by atoms with van der Waals surface area (Å²) in [5.41, 5.74) is 2.48. The smallest absolute Gasteiger partial charge is 0.299 e. The van der Waals surface area contributed by atoms with E-state index in [0.717, 1.165) is 16.1 Å². The van der Waals surface area contributed by atoms with Gasteiger partial charge in [-0.1, -0.05) is 41.7 Å². The highest BCUT2D eigenvalue weighted by Crippen LogP contribution is 2.39. The Balaban J connectivity index is 2.10. The predicted octanol–water partition coefficient (Wildman–Crippen LogP) is 3.41. The molecule has 0 aliphatic carbocycles. The topological polar surface area (TPSA) is 52.1 Å². The highest BCUT2D eigenvalue weighted by atomic mass is 32.1. The van der Waals surface area contributed by atoms with E-state index in [-0.39, 0.29) is 0 Å². The minimum Gasteiger partial charge on any atom is -0.415 e. The molecule has 0 bridgehead atoms. The molecule has 0 radical (unpaired) electrons. The lowest BCUT2D eigenvalue weighted by molar-refractivity contribution is -0.120. The second-order valence-electron chi connectivity index (χ2n) is 3.98. The van der Waals surface area contributed by atoms with Crippen LogP contribution >= 0.6 is 11.3 Å². The van der Waals surface area contributed by atoms with Crippen LogP contribution < -0.4 is 4.74 Å². The number of rotatable bonds is 4. The van der Waals surface area contributed by atoms with Crippen molar-refractivity contribution in [3.8, 4) is 26.9 Å². The van der Waals surface area contributed by atoms with Crippen molar-refractivity contribution < 1.29 is 9.53 Å². The molecule has 20 heavy (non-hydrogen) atoms. The standard InChI is InChI=1S/C15H10N2O2S/c18-10-19-15-13(11-5-2-1-3-6-11)17-14(20-15)12-7-4-8-16-9-12/h1-10H. The first kappa shape index (κ1) is 12.5. The number of aromatic nitrogens is 2. The Kier molecular flexibility index (Phi) is 3.52. The number of nitrogens with zero attached hydrogens (tertiary/aromatic N) is 2. The van der Waals surface area contributed by atoms with E-state index in [9.17, 15) is 4.79 Å². The summed E-state index contributed by atoms with van der Waals surface area (Å²) in [5.74, 6) is 0. The van der Waals surface area contributed by atoms with Gasteiger partial charge >= 0.3 is 0 Å². The van der Waals surface area contributed by atoms with Gasteiger partial charge in [0.1, 0.15) is 10.7 Å². The van der Waals surface area contributed by atoms with E-state index in [4.69, 9.17) is 4.74 Å². The van der Waals surface area contributed by atoms with E-state index in [0.29, 0.717) is 17.2 Å². The van der Waals surface area contributed by atoms with Crippen molar-refractivity contribution >= 4 is 17.8 Å². The number of benzene rings is 1. The number of thiazole rings is 1. The van der Waals surface area contributed by atoms with Gasteiger partial charge in [0.05, 0.1) is 0 Å². The molecular formula is C15H10N2O2S. The van der Waals surface area contributed by atoms with Crippen LogP contribution in [0.3, 0.4) is 0 Å². The van der Waals surface area contributed by atoms with Crippen molar-refractivity contribution in [2.24, 2.45) is 0 Å². The molecule has 0 aliphatic rings. The molecule has 0 unspecified atom stereocenters. The lowest BCUT2D eigenvalue weighted by Gasteiger charge is -1.98. The maximum Gasteiger partial charge on any atom is 0.299 e. The van der Waals surface area contributed by atoms with Gasteiger partial charge in [-0.15, -0.1) is 0 Å². The second kappa shape index (κ2) is 5.63. The molecule has 2 aromatic heterocycles. The molecule has 98 valence electrons. The number of carbonyl (C=O) groups excluding carboxylic acids is 1. The Labute approximate surface area is 119 Å². The summed E-state index contributed by atoms with van der Waals surface area (Å²) in [7, 11) is 0. The van der Waals surface area contributed by atoms with Crippen LogP contribution in [-0.2, 0) is 4.79 Å². The van der Waals surface area contributed by atoms with Gasteiger partial charge in [0.2, 0.25) is 5.06 Å². The first-order valence-electron chi connectivity index (χ1n) is 5.95. The van der Waals surface area contributed by atoms with E-state index in [2.05, 4.69) is 9.97 Å². The molecule has 0 saturated heterocycles. The summed E-state index contributed by atoms with van der Waals surface area (Å²) in [6.07, 6.45) is 3.44. The Morgan fingerprint density at radius 1 is 1.05 bits per heavy atom. The van der Waals surface area contributed by atoms with Gasteiger partial charge in [0, 0.05) is 23.5 Å².